The number of aliphatic hydroxyl groups excluding tert-OH is 3. The Balaban J connectivity index is 2.40. The van der Waals surface area contributed by atoms with Gasteiger partial charge in [0.25, 0.3) is 0 Å². The van der Waals surface area contributed by atoms with Gasteiger partial charge in [0.15, 0.2) is 6.10 Å². The molecule has 6 atom stereocenters. The summed E-state index contributed by atoms with van der Waals surface area (Å²) in [5.41, 5.74) is 0. The molecule has 1 rings (SSSR count). The molecule has 0 aliphatic heterocycles. The van der Waals surface area contributed by atoms with Crippen molar-refractivity contribution in [1.82, 2.24) is 0 Å². The highest BCUT2D eigenvalue weighted by Gasteiger charge is 2.41. The largest absolute Gasteiger partial charge is 0.469 e. The molecule has 0 aromatic rings. The lowest BCUT2D eigenvalue weighted by molar-refractivity contribution is -0.161. The molecule has 13 heteroatoms. The van der Waals surface area contributed by atoms with Gasteiger partial charge in [0.05, 0.1) is 24.9 Å². The van der Waals surface area contributed by atoms with E-state index < -0.39 is 69.2 Å². The molecule has 1 fully saturated rings. The second-order valence-electron chi connectivity index (χ2n) is 13.2. The number of hydrogen-bond acceptors (Lipinski definition) is 10. The Hall–Kier alpha value is -1.66. The molecule has 0 aromatic heterocycles. The predicted octanol–water partition coefficient (Wildman–Crippen LogP) is 5.85. The minimum absolute atomic E-state index is 0.0161. The van der Waals surface area contributed by atoms with E-state index in [9.17, 15) is 34.3 Å². The maximum atomic E-state index is 12.7. The topological polar surface area (TPSA) is 197 Å². The highest BCUT2D eigenvalue weighted by molar-refractivity contribution is 7.46. The summed E-state index contributed by atoms with van der Waals surface area (Å²) in [6, 6.07) is 0. The summed E-state index contributed by atoms with van der Waals surface area (Å²) in [7, 11) is -4.83. The average Bonchev–Trinajstić information content (AvgIpc) is 3.29. The van der Waals surface area contributed by atoms with Gasteiger partial charge in [-0.1, -0.05) is 96.6 Å². The van der Waals surface area contributed by atoms with Gasteiger partial charge < -0.3 is 34.6 Å². The van der Waals surface area contributed by atoms with Crippen molar-refractivity contribution in [2.45, 2.75) is 167 Å². The van der Waals surface area contributed by atoms with Crippen LogP contribution >= 0.6 is 7.82 Å². The van der Waals surface area contributed by atoms with Crippen molar-refractivity contribution in [3.8, 4) is 0 Å². The Morgan fingerprint density at radius 3 is 1.98 bits per heavy atom. The monoisotopic (exact) mass is 706 g/mol. The number of Topliss-reactive ketones (excluding diaryl/α,β-unsaturated/α-hetero) is 1. The molecule has 0 spiro atoms. The average molecular weight is 707 g/mol. The van der Waals surface area contributed by atoms with E-state index in [0.29, 0.717) is 25.7 Å². The molecular weight excluding hydrogens is 643 g/mol. The third-order valence-electron chi connectivity index (χ3n) is 8.77. The molecule has 5 N–H and O–H groups in total. The van der Waals surface area contributed by atoms with Crippen LogP contribution in [-0.2, 0) is 32.9 Å². The molecule has 1 aliphatic rings. The Morgan fingerprint density at radius 2 is 1.33 bits per heavy atom. The third-order valence-corrected chi connectivity index (χ3v) is 9.25. The number of esters is 2. The van der Waals surface area contributed by atoms with Gasteiger partial charge in [-0.25, -0.2) is 4.57 Å². The fourth-order valence-electron chi connectivity index (χ4n) is 5.96. The Bertz CT molecular complexity index is 967. The molecule has 0 radical (unpaired) electrons. The summed E-state index contributed by atoms with van der Waals surface area (Å²) in [5, 5.41) is 31.1. The normalized spacial score (nSPS) is 21.0. The molecule has 0 heterocycles. The standard InChI is InChI=1S/C35H63O12P/c1-3-5-7-8-9-10-11-12-14-20-35(41)47-29(26-46-48(42,43)44)25-45-34(40)19-16-15-18-28(37)23-31-30(32(38)24-33(31)39)22-21-27(36)17-13-6-4-2/h21-22,27,29-33,36,38-39H,3-20,23-26H2,1-2H3,(H2,42,43,44)/b22-21+/t27-,29+,30+,31+,32+,33-/m0/s1. The number of aliphatic hydroxyl groups is 3. The third kappa shape index (κ3) is 22.1. The predicted molar refractivity (Wildman–Crippen MR) is 182 cm³/mol. The van der Waals surface area contributed by atoms with Gasteiger partial charge in [-0.05, 0) is 25.7 Å². The van der Waals surface area contributed by atoms with E-state index >= 15 is 0 Å². The molecule has 0 unspecified atom stereocenters. The lowest BCUT2D eigenvalue weighted by Gasteiger charge is -2.20. The van der Waals surface area contributed by atoms with Crippen LogP contribution in [0.25, 0.3) is 0 Å². The molecule has 0 saturated heterocycles. The zero-order valence-electron chi connectivity index (χ0n) is 29.2. The van der Waals surface area contributed by atoms with Crippen LogP contribution in [0, 0.1) is 11.8 Å². The van der Waals surface area contributed by atoms with Crippen molar-refractivity contribution in [3.05, 3.63) is 12.2 Å². The number of ether oxygens (including phenoxy) is 2. The second-order valence-corrected chi connectivity index (χ2v) is 14.4. The first kappa shape index (κ1) is 44.4. The van der Waals surface area contributed by atoms with Gasteiger partial charge in [0.2, 0.25) is 0 Å². The van der Waals surface area contributed by atoms with E-state index in [1.165, 1.54) is 32.1 Å². The molecule has 0 aromatic carbocycles. The summed E-state index contributed by atoms with van der Waals surface area (Å²) < 4.78 is 26.1. The maximum Gasteiger partial charge on any atom is 0.469 e. The number of rotatable bonds is 29. The van der Waals surface area contributed by atoms with Crippen molar-refractivity contribution in [2.24, 2.45) is 11.8 Å². The van der Waals surface area contributed by atoms with Crippen LogP contribution in [0.3, 0.4) is 0 Å². The van der Waals surface area contributed by atoms with Crippen molar-refractivity contribution in [2.75, 3.05) is 13.2 Å². The highest BCUT2D eigenvalue weighted by atomic mass is 31.2. The number of phosphoric acid groups is 1. The molecule has 0 amide bonds. The lowest BCUT2D eigenvalue weighted by Crippen LogP contribution is -2.29. The fraction of sp³-hybridized carbons (Fsp3) is 0.857. The van der Waals surface area contributed by atoms with Gasteiger partial charge in [-0.3, -0.25) is 18.9 Å². The van der Waals surface area contributed by atoms with Crippen molar-refractivity contribution < 1.29 is 58.1 Å². The molecule has 12 nitrogen and oxygen atoms in total. The van der Waals surface area contributed by atoms with Gasteiger partial charge in [0.1, 0.15) is 12.4 Å². The number of ketones is 1. The summed E-state index contributed by atoms with van der Waals surface area (Å²) in [5.74, 6) is -2.16. The Morgan fingerprint density at radius 1 is 0.771 bits per heavy atom. The highest BCUT2D eigenvalue weighted by Crippen LogP contribution is 2.37. The molecule has 280 valence electrons. The van der Waals surface area contributed by atoms with Gasteiger partial charge in [0, 0.05) is 43.9 Å². The smallest absolute Gasteiger partial charge is 0.462 e. The van der Waals surface area contributed by atoms with Crippen molar-refractivity contribution in [1.29, 1.82) is 0 Å². The van der Waals surface area contributed by atoms with Crippen LogP contribution in [0.15, 0.2) is 12.2 Å². The first-order chi connectivity index (χ1) is 22.9. The molecule has 1 saturated carbocycles. The minimum Gasteiger partial charge on any atom is -0.462 e. The van der Waals surface area contributed by atoms with E-state index in [0.717, 1.165) is 38.5 Å². The maximum absolute atomic E-state index is 12.7. The van der Waals surface area contributed by atoms with Crippen LogP contribution in [0.5, 0.6) is 0 Å². The lowest BCUT2D eigenvalue weighted by atomic mass is 9.87. The summed E-state index contributed by atoms with van der Waals surface area (Å²) in [6.07, 6.45) is 14.5. The SMILES string of the molecule is CCCCCCCCCCCC(=O)O[C@H](COC(=O)CCCCC(=O)C[C@@H]1[C@@H](/C=C/[C@@H](O)CCCCC)[C@H](O)C[C@@H]1O)COP(=O)(O)O. The Labute approximate surface area is 287 Å². The van der Waals surface area contributed by atoms with Crippen LogP contribution < -0.4 is 0 Å². The molecule has 1 aliphatic carbocycles. The number of phosphoric ester groups is 1. The summed E-state index contributed by atoms with van der Waals surface area (Å²) in [4.78, 5) is 55.4. The first-order valence-corrected chi connectivity index (χ1v) is 19.7. The van der Waals surface area contributed by atoms with Crippen LogP contribution in [0.2, 0.25) is 0 Å². The number of unbranched alkanes of at least 4 members (excludes halogenated alkanes) is 11. The first-order valence-electron chi connectivity index (χ1n) is 18.2. The second kappa shape index (κ2) is 26.2. The van der Waals surface area contributed by atoms with E-state index in [4.69, 9.17) is 19.3 Å². The van der Waals surface area contributed by atoms with E-state index in [1.54, 1.807) is 12.2 Å². The zero-order chi connectivity index (χ0) is 35.8. The van der Waals surface area contributed by atoms with Crippen molar-refractivity contribution >= 4 is 25.5 Å². The quantitative estimate of drug-likeness (QED) is 0.0270. The number of carbonyl (C=O) groups excluding carboxylic acids is 3. The summed E-state index contributed by atoms with van der Waals surface area (Å²) in [6.45, 7) is 3.20. The number of hydrogen-bond donors (Lipinski definition) is 5. The van der Waals surface area contributed by atoms with Gasteiger partial charge in [-0.2, -0.15) is 0 Å². The molecular formula is C35H63O12P. The van der Waals surface area contributed by atoms with Crippen LogP contribution in [0.1, 0.15) is 142 Å². The van der Waals surface area contributed by atoms with Gasteiger partial charge >= 0.3 is 19.8 Å². The molecule has 0 bridgehead atoms. The number of carbonyl (C=O) groups is 3. The van der Waals surface area contributed by atoms with E-state index in [1.807, 2.05) is 0 Å². The van der Waals surface area contributed by atoms with Crippen LogP contribution in [-0.4, -0.2) is 80.5 Å². The van der Waals surface area contributed by atoms with Crippen LogP contribution in [0.4, 0.5) is 0 Å². The fourth-order valence-corrected chi connectivity index (χ4v) is 6.32. The van der Waals surface area contributed by atoms with E-state index in [2.05, 4.69) is 18.4 Å². The van der Waals surface area contributed by atoms with Crippen molar-refractivity contribution in [3.63, 3.8) is 0 Å². The van der Waals surface area contributed by atoms with E-state index in [-0.39, 0.29) is 37.9 Å². The zero-order valence-corrected chi connectivity index (χ0v) is 30.1. The minimum atomic E-state index is -4.83. The summed E-state index contributed by atoms with van der Waals surface area (Å²) >= 11 is 0. The Kier molecular flexibility index (Phi) is 24.2. The van der Waals surface area contributed by atoms with Gasteiger partial charge in [-0.15, -0.1) is 0 Å². The molecule has 48 heavy (non-hydrogen) atoms.